The minimum atomic E-state index is -0.348. The van der Waals surface area contributed by atoms with Crippen molar-refractivity contribution < 1.29 is 13.9 Å². The third-order valence-electron chi connectivity index (χ3n) is 5.39. The second kappa shape index (κ2) is 9.25. The third-order valence-corrected chi connectivity index (χ3v) is 6.73. The van der Waals surface area contributed by atoms with Gasteiger partial charge in [0.05, 0.1) is 11.6 Å². The van der Waals surface area contributed by atoms with Gasteiger partial charge < -0.3 is 9.72 Å². The first-order valence-electron chi connectivity index (χ1n) is 10.1. The van der Waals surface area contributed by atoms with Gasteiger partial charge in [-0.15, -0.1) is 11.3 Å². The van der Waals surface area contributed by atoms with Gasteiger partial charge >= 0.3 is 5.97 Å². The zero-order valence-corrected chi connectivity index (χ0v) is 18.9. The van der Waals surface area contributed by atoms with Crippen LogP contribution in [-0.4, -0.2) is 11.0 Å². The van der Waals surface area contributed by atoms with Crippen LogP contribution in [0.1, 0.15) is 41.5 Å². The largest absolute Gasteiger partial charge is 0.459 e. The molecule has 31 heavy (non-hydrogen) atoms. The number of halogens is 2. The molecule has 2 aromatic heterocycles. The SMILES string of the molecule is CC(C)C(C(=O)OCc1[nH]ccc1Cc1ccc(F)cc1)c1scc2cc(Cl)ccc12. The molecule has 0 spiro atoms. The number of hydrogen-bond donors (Lipinski definition) is 1. The van der Waals surface area contributed by atoms with E-state index >= 15 is 0 Å². The maximum absolute atomic E-state index is 13.2. The fourth-order valence-corrected chi connectivity index (χ4v) is 5.22. The number of fused-ring (bicyclic) bond motifs is 1. The average molecular weight is 456 g/mol. The van der Waals surface area contributed by atoms with Crippen molar-refractivity contribution >= 4 is 39.7 Å². The van der Waals surface area contributed by atoms with Crippen LogP contribution in [0.4, 0.5) is 4.39 Å². The second-order valence-electron chi connectivity index (χ2n) is 7.95. The molecule has 4 rings (SSSR count). The number of carbonyl (C=O) groups is 1. The Morgan fingerprint density at radius 3 is 2.68 bits per heavy atom. The number of nitrogens with one attached hydrogen (secondary N) is 1. The summed E-state index contributed by atoms with van der Waals surface area (Å²) in [4.78, 5) is 17.3. The summed E-state index contributed by atoms with van der Waals surface area (Å²) < 4.78 is 18.9. The molecule has 0 bridgehead atoms. The van der Waals surface area contributed by atoms with E-state index in [2.05, 4.69) is 4.98 Å². The molecule has 0 fully saturated rings. The van der Waals surface area contributed by atoms with Gasteiger partial charge in [-0.1, -0.05) is 43.6 Å². The van der Waals surface area contributed by atoms with E-state index in [1.807, 2.05) is 49.7 Å². The summed E-state index contributed by atoms with van der Waals surface area (Å²) >= 11 is 7.68. The molecule has 0 aliphatic heterocycles. The van der Waals surface area contributed by atoms with Crippen LogP contribution in [-0.2, 0) is 22.6 Å². The number of aromatic amines is 1. The number of hydrogen-bond acceptors (Lipinski definition) is 3. The predicted octanol–water partition coefficient (Wildman–Crippen LogP) is 7.10. The van der Waals surface area contributed by atoms with Crippen molar-refractivity contribution in [1.82, 2.24) is 4.98 Å². The number of H-pyrrole nitrogens is 1. The van der Waals surface area contributed by atoms with Gasteiger partial charge in [0.25, 0.3) is 0 Å². The number of esters is 1. The zero-order valence-electron chi connectivity index (χ0n) is 17.3. The number of rotatable bonds is 7. The lowest BCUT2D eigenvalue weighted by atomic mass is 9.92. The minimum absolute atomic E-state index is 0.0901. The van der Waals surface area contributed by atoms with Crippen LogP contribution in [0, 0.1) is 11.7 Å². The summed E-state index contributed by atoms with van der Waals surface area (Å²) in [6.45, 7) is 4.23. The van der Waals surface area contributed by atoms with E-state index in [1.165, 1.54) is 12.1 Å². The van der Waals surface area contributed by atoms with Gasteiger partial charge in [0.1, 0.15) is 12.4 Å². The molecule has 0 saturated heterocycles. The highest BCUT2D eigenvalue weighted by Gasteiger charge is 2.29. The van der Waals surface area contributed by atoms with Crippen molar-refractivity contribution in [3.63, 3.8) is 0 Å². The normalized spacial score (nSPS) is 12.4. The van der Waals surface area contributed by atoms with Gasteiger partial charge in [-0.05, 0) is 69.9 Å². The molecule has 3 nitrogen and oxygen atoms in total. The molecule has 1 N–H and O–H groups in total. The Hall–Kier alpha value is -2.63. The molecule has 1 atom stereocenters. The van der Waals surface area contributed by atoms with Crippen molar-refractivity contribution in [3.8, 4) is 0 Å². The molecule has 160 valence electrons. The first-order chi connectivity index (χ1) is 14.9. The Labute approximate surface area is 189 Å². The highest BCUT2D eigenvalue weighted by molar-refractivity contribution is 7.11. The third kappa shape index (κ3) is 4.83. The molecule has 2 heterocycles. The maximum atomic E-state index is 13.2. The fraction of sp³-hybridized carbons (Fsp3) is 0.240. The van der Waals surface area contributed by atoms with Crippen molar-refractivity contribution in [2.75, 3.05) is 0 Å². The van der Waals surface area contributed by atoms with E-state index in [9.17, 15) is 9.18 Å². The Morgan fingerprint density at radius 2 is 1.94 bits per heavy atom. The smallest absolute Gasteiger partial charge is 0.314 e. The summed E-state index contributed by atoms with van der Waals surface area (Å²) in [5, 5.41) is 4.80. The molecule has 6 heteroatoms. The fourth-order valence-electron chi connectivity index (χ4n) is 3.76. The standard InChI is InChI=1S/C25H23ClFNO2S/c1-15(2)23(24-21-8-5-19(26)12-18(21)14-31-24)25(29)30-13-22-17(9-10-28-22)11-16-3-6-20(27)7-4-16/h3-10,12,14-15,23,28H,11,13H2,1-2H3. The highest BCUT2D eigenvalue weighted by Crippen LogP contribution is 2.38. The van der Waals surface area contributed by atoms with E-state index in [0.717, 1.165) is 32.5 Å². The lowest BCUT2D eigenvalue weighted by Crippen LogP contribution is -2.20. The lowest BCUT2D eigenvalue weighted by Gasteiger charge is -2.19. The quantitative estimate of drug-likeness (QED) is 0.302. The predicted molar refractivity (Wildman–Crippen MR) is 124 cm³/mol. The van der Waals surface area contributed by atoms with Crippen molar-refractivity contribution in [1.29, 1.82) is 0 Å². The topological polar surface area (TPSA) is 42.1 Å². The average Bonchev–Trinajstić information content (AvgIpc) is 3.34. The number of benzene rings is 2. The van der Waals surface area contributed by atoms with Crippen LogP contribution in [0.5, 0.6) is 0 Å². The van der Waals surface area contributed by atoms with Gasteiger partial charge in [0.2, 0.25) is 0 Å². The molecule has 2 aromatic carbocycles. The van der Waals surface area contributed by atoms with E-state index in [-0.39, 0.29) is 30.2 Å². The summed E-state index contributed by atoms with van der Waals surface area (Å²) in [5.41, 5.74) is 2.87. The molecule has 0 aliphatic rings. The highest BCUT2D eigenvalue weighted by atomic mass is 35.5. The summed E-state index contributed by atoms with van der Waals surface area (Å²) in [5.74, 6) is -0.752. The van der Waals surface area contributed by atoms with E-state index in [1.54, 1.807) is 23.5 Å². The Morgan fingerprint density at radius 1 is 1.16 bits per heavy atom. The van der Waals surface area contributed by atoms with Crippen LogP contribution >= 0.6 is 22.9 Å². The van der Waals surface area contributed by atoms with Gasteiger partial charge in [-0.2, -0.15) is 0 Å². The Balaban J connectivity index is 1.49. The van der Waals surface area contributed by atoms with Gasteiger partial charge in [-0.3, -0.25) is 4.79 Å². The second-order valence-corrected chi connectivity index (χ2v) is 9.29. The van der Waals surface area contributed by atoms with Gasteiger partial charge in [0.15, 0.2) is 0 Å². The van der Waals surface area contributed by atoms with Crippen LogP contribution in [0.2, 0.25) is 5.02 Å². The molecule has 0 radical (unpaired) electrons. The monoisotopic (exact) mass is 455 g/mol. The Kier molecular flexibility index (Phi) is 6.44. The van der Waals surface area contributed by atoms with Crippen molar-refractivity contribution in [2.45, 2.75) is 32.8 Å². The molecule has 4 aromatic rings. The van der Waals surface area contributed by atoms with E-state index in [0.29, 0.717) is 11.4 Å². The number of ether oxygens (including phenoxy) is 1. The molecule has 0 aliphatic carbocycles. The van der Waals surface area contributed by atoms with Gasteiger partial charge in [-0.25, -0.2) is 4.39 Å². The lowest BCUT2D eigenvalue weighted by molar-refractivity contribution is -0.148. The first-order valence-corrected chi connectivity index (χ1v) is 11.4. The van der Waals surface area contributed by atoms with Crippen molar-refractivity contribution in [3.05, 3.63) is 92.6 Å². The number of carbonyl (C=O) groups excluding carboxylic acids is 1. The molecule has 0 amide bonds. The van der Waals surface area contributed by atoms with Crippen LogP contribution in [0.25, 0.3) is 10.8 Å². The summed E-state index contributed by atoms with van der Waals surface area (Å²) in [7, 11) is 0. The van der Waals surface area contributed by atoms with Crippen LogP contribution in [0.15, 0.2) is 60.1 Å². The van der Waals surface area contributed by atoms with Crippen LogP contribution < -0.4 is 0 Å². The molecule has 1 unspecified atom stereocenters. The Bertz CT molecular complexity index is 1200. The first kappa shape index (κ1) is 21.6. The molecular formula is C25H23ClFNO2S. The summed E-state index contributed by atoms with van der Waals surface area (Å²) in [6.07, 6.45) is 2.47. The van der Waals surface area contributed by atoms with Crippen molar-refractivity contribution in [2.24, 2.45) is 5.92 Å². The zero-order chi connectivity index (χ0) is 22.0. The van der Waals surface area contributed by atoms with E-state index < -0.39 is 0 Å². The molecular weight excluding hydrogens is 433 g/mol. The van der Waals surface area contributed by atoms with E-state index in [4.69, 9.17) is 16.3 Å². The molecule has 0 saturated carbocycles. The minimum Gasteiger partial charge on any atom is -0.459 e. The number of thiophene rings is 1. The maximum Gasteiger partial charge on any atom is 0.314 e. The number of aromatic nitrogens is 1. The van der Waals surface area contributed by atoms with Crippen LogP contribution in [0.3, 0.4) is 0 Å². The van der Waals surface area contributed by atoms with Gasteiger partial charge in [0, 0.05) is 16.1 Å². The summed E-state index contributed by atoms with van der Waals surface area (Å²) in [6, 6.07) is 14.1.